The maximum atomic E-state index is 13.7. The van der Waals surface area contributed by atoms with Gasteiger partial charge in [0.25, 0.3) is 0 Å². The number of nitrogens with one attached hydrogen (secondary N) is 3. The van der Waals surface area contributed by atoms with E-state index in [9.17, 15) is 14.4 Å². The van der Waals surface area contributed by atoms with Gasteiger partial charge in [-0.1, -0.05) is 36.4 Å². The Labute approximate surface area is 196 Å². The summed E-state index contributed by atoms with van der Waals surface area (Å²) in [4.78, 5) is 45.5. The SMILES string of the molecule is COCCCN1C(=O)[C@@H]2[C@H](Cc3c[nH]c4ccccc34)N[C@@]3(C(=O)Nc4ccccc43)[C@H]2C1=O. The van der Waals surface area contributed by atoms with E-state index in [2.05, 4.69) is 15.6 Å². The van der Waals surface area contributed by atoms with E-state index in [-0.39, 0.29) is 30.3 Å². The van der Waals surface area contributed by atoms with Gasteiger partial charge in [0.15, 0.2) is 0 Å². The molecular weight excluding hydrogens is 432 g/mol. The summed E-state index contributed by atoms with van der Waals surface area (Å²) in [5.74, 6) is -2.18. The normalized spacial score (nSPS) is 27.6. The summed E-state index contributed by atoms with van der Waals surface area (Å²) in [7, 11) is 1.60. The van der Waals surface area contributed by atoms with Gasteiger partial charge in [0, 0.05) is 54.7 Å². The number of carbonyl (C=O) groups excluding carboxylic acids is 3. The van der Waals surface area contributed by atoms with Crippen molar-refractivity contribution in [3.63, 3.8) is 0 Å². The van der Waals surface area contributed by atoms with E-state index in [1.165, 1.54) is 4.90 Å². The number of benzene rings is 2. The lowest BCUT2D eigenvalue weighted by atomic mass is 9.76. The monoisotopic (exact) mass is 458 g/mol. The number of nitrogens with zero attached hydrogens (tertiary/aromatic N) is 1. The topological polar surface area (TPSA) is 104 Å². The molecule has 1 spiro atoms. The lowest BCUT2D eigenvalue weighted by molar-refractivity contribution is -0.143. The molecule has 4 heterocycles. The zero-order chi connectivity index (χ0) is 23.4. The van der Waals surface area contributed by atoms with Crippen LogP contribution in [0.2, 0.25) is 0 Å². The predicted octanol–water partition coefficient (Wildman–Crippen LogP) is 2.17. The van der Waals surface area contributed by atoms with E-state index >= 15 is 0 Å². The van der Waals surface area contributed by atoms with Crippen molar-refractivity contribution in [1.82, 2.24) is 15.2 Å². The van der Waals surface area contributed by atoms with Gasteiger partial charge < -0.3 is 15.0 Å². The Kier molecular flexibility index (Phi) is 4.82. The Bertz CT molecular complexity index is 1320. The van der Waals surface area contributed by atoms with Crippen LogP contribution in [0.15, 0.2) is 54.7 Å². The average Bonchev–Trinajstić information content (AvgIpc) is 3.55. The summed E-state index contributed by atoms with van der Waals surface area (Å²) in [6, 6.07) is 15.1. The second-order valence-corrected chi connectivity index (χ2v) is 9.30. The van der Waals surface area contributed by atoms with Crippen molar-refractivity contribution in [3.8, 4) is 0 Å². The molecule has 8 nitrogen and oxygen atoms in total. The van der Waals surface area contributed by atoms with E-state index < -0.39 is 17.4 Å². The molecule has 3 aliphatic heterocycles. The molecule has 2 fully saturated rings. The highest BCUT2D eigenvalue weighted by Gasteiger charge is 2.70. The van der Waals surface area contributed by atoms with E-state index in [0.29, 0.717) is 25.1 Å². The second-order valence-electron chi connectivity index (χ2n) is 9.30. The first-order chi connectivity index (χ1) is 16.6. The van der Waals surface area contributed by atoms with E-state index in [4.69, 9.17) is 4.74 Å². The molecule has 0 radical (unpaired) electrons. The van der Waals surface area contributed by atoms with Crippen LogP contribution >= 0.6 is 0 Å². The number of amides is 3. The number of anilines is 1. The molecule has 2 saturated heterocycles. The summed E-state index contributed by atoms with van der Waals surface area (Å²) >= 11 is 0. The Balaban J connectivity index is 1.43. The van der Waals surface area contributed by atoms with E-state index in [1.54, 1.807) is 7.11 Å². The Hall–Kier alpha value is -3.49. The number of aromatic nitrogens is 1. The van der Waals surface area contributed by atoms with E-state index in [1.807, 2.05) is 54.7 Å². The largest absolute Gasteiger partial charge is 0.385 e. The number of hydrogen-bond acceptors (Lipinski definition) is 5. The van der Waals surface area contributed by atoms with Crippen LogP contribution in [0.25, 0.3) is 10.9 Å². The van der Waals surface area contributed by atoms with Crippen LogP contribution in [-0.2, 0) is 31.1 Å². The van der Waals surface area contributed by atoms with Gasteiger partial charge in [0.1, 0.15) is 5.54 Å². The number of aromatic amines is 1. The van der Waals surface area contributed by atoms with Crippen molar-refractivity contribution in [1.29, 1.82) is 0 Å². The highest BCUT2D eigenvalue weighted by Crippen LogP contribution is 2.53. The van der Waals surface area contributed by atoms with Gasteiger partial charge in [-0.2, -0.15) is 0 Å². The number of para-hydroxylation sites is 2. The molecular formula is C26H26N4O4. The third-order valence-corrected chi connectivity index (χ3v) is 7.56. The maximum absolute atomic E-state index is 13.7. The van der Waals surface area contributed by atoms with Crippen molar-refractivity contribution in [3.05, 3.63) is 65.9 Å². The zero-order valence-electron chi connectivity index (χ0n) is 18.8. The zero-order valence-corrected chi connectivity index (χ0v) is 18.8. The van der Waals surface area contributed by atoms with Gasteiger partial charge >= 0.3 is 0 Å². The van der Waals surface area contributed by atoms with Gasteiger partial charge in [0.2, 0.25) is 17.7 Å². The van der Waals surface area contributed by atoms with Crippen molar-refractivity contribution < 1.29 is 19.1 Å². The van der Waals surface area contributed by atoms with Crippen LogP contribution in [0.3, 0.4) is 0 Å². The van der Waals surface area contributed by atoms with Crippen molar-refractivity contribution in [2.45, 2.75) is 24.4 Å². The average molecular weight is 459 g/mol. The van der Waals surface area contributed by atoms with Crippen molar-refractivity contribution in [2.75, 3.05) is 25.6 Å². The third kappa shape index (κ3) is 2.82. The van der Waals surface area contributed by atoms with Gasteiger partial charge in [-0.05, 0) is 30.5 Å². The first-order valence-electron chi connectivity index (χ1n) is 11.6. The smallest absolute Gasteiger partial charge is 0.250 e. The predicted molar refractivity (Wildman–Crippen MR) is 126 cm³/mol. The number of rotatable bonds is 6. The lowest BCUT2D eigenvalue weighted by Gasteiger charge is -2.29. The number of likely N-dealkylation sites (tertiary alicyclic amines) is 1. The fourth-order valence-electron chi connectivity index (χ4n) is 6.12. The van der Waals surface area contributed by atoms with Gasteiger partial charge in [0.05, 0.1) is 11.8 Å². The number of hydrogen-bond donors (Lipinski definition) is 3. The number of fused-ring (bicyclic) bond motifs is 5. The standard InChI is InChI=1S/C26H26N4O4/c1-34-12-6-11-30-23(31)21-20(13-15-14-27-18-9-4-2-7-16(15)18)29-26(22(21)24(30)32)17-8-3-5-10-19(17)28-25(26)33/h2-5,7-10,14,20-22,27,29H,6,11-13H2,1H3,(H,28,33)/t20-,21+,22+,26+/m0/s1. The minimum atomic E-state index is -1.26. The molecule has 174 valence electrons. The molecule has 2 aromatic carbocycles. The number of methoxy groups -OCH3 is 1. The molecule has 6 rings (SSSR count). The Morgan fingerprint density at radius 3 is 2.68 bits per heavy atom. The molecule has 3 amide bonds. The molecule has 3 aromatic rings. The summed E-state index contributed by atoms with van der Waals surface area (Å²) in [5.41, 5.74) is 2.22. The number of carbonyl (C=O) groups is 3. The highest BCUT2D eigenvalue weighted by molar-refractivity contribution is 6.15. The summed E-state index contributed by atoms with van der Waals surface area (Å²) in [6.45, 7) is 0.746. The summed E-state index contributed by atoms with van der Waals surface area (Å²) in [5, 5.41) is 7.53. The van der Waals surface area contributed by atoms with Crippen LogP contribution < -0.4 is 10.6 Å². The second kappa shape index (κ2) is 7.78. The van der Waals surface area contributed by atoms with Crippen LogP contribution in [0.5, 0.6) is 0 Å². The van der Waals surface area contributed by atoms with Gasteiger partial charge in [-0.15, -0.1) is 0 Å². The summed E-state index contributed by atoms with van der Waals surface area (Å²) in [6.07, 6.45) is 3.03. The molecule has 8 heteroatoms. The molecule has 0 saturated carbocycles. The Morgan fingerprint density at radius 2 is 1.82 bits per heavy atom. The third-order valence-electron chi connectivity index (χ3n) is 7.56. The lowest BCUT2D eigenvalue weighted by Crippen LogP contribution is -2.53. The fraction of sp³-hybridized carbons (Fsp3) is 0.346. The molecule has 4 atom stereocenters. The number of imide groups is 1. The maximum Gasteiger partial charge on any atom is 0.250 e. The highest BCUT2D eigenvalue weighted by atomic mass is 16.5. The van der Waals surface area contributed by atoms with Crippen LogP contribution in [-0.4, -0.2) is 53.9 Å². The van der Waals surface area contributed by atoms with Crippen LogP contribution in [0.1, 0.15) is 17.5 Å². The van der Waals surface area contributed by atoms with Crippen molar-refractivity contribution in [2.24, 2.45) is 11.8 Å². The molecule has 3 N–H and O–H groups in total. The van der Waals surface area contributed by atoms with Crippen molar-refractivity contribution >= 4 is 34.3 Å². The number of H-pyrrole nitrogens is 1. The van der Waals surface area contributed by atoms with Crippen LogP contribution in [0.4, 0.5) is 5.69 Å². The van der Waals surface area contributed by atoms with Gasteiger partial charge in [-0.25, -0.2) is 0 Å². The minimum Gasteiger partial charge on any atom is -0.385 e. The molecule has 0 aliphatic carbocycles. The quantitative estimate of drug-likeness (QED) is 0.388. The molecule has 34 heavy (non-hydrogen) atoms. The van der Waals surface area contributed by atoms with Gasteiger partial charge in [-0.3, -0.25) is 24.6 Å². The van der Waals surface area contributed by atoms with E-state index in [0.717, 1.165) is 22.0 Å². The molecule has 1 aromatic heterocycles. The molecule has 3 aliphatic rings. The molecule has 0 unspecified atom stereocenters. The van der Waals surface area contributed by atoms with Crippen LogP contribution in [0, 0.1) is 11.8 Å². The fourth-order valence-corrected chi connectivity index (χ4v) is 6.12. The number of ether oxygens (including phenoxy) is 1. The minimum absolute atomic E-state index is 0.211. The molecule has 0 bridgehead atoms. The summed E-state index contributed by atoms with van der Waals surface area (Å²) < 4.78 is 5.13. The first-order valence-corrected chi connectivity index (χ1v) is 11.6. The first kappa shape index (κ1) is 21.1. The Morgan fingerprint density at radius 1 is 1.03 bits per heavy atom.